The Bertz CT molecular complexity index is 1350. The molecule has 168 valence electrons. The van der Waals surface area contributed by atoms with E-state index in [0.717, 1.165) is 12.8 Å². The minimum absolute atomic E-state index is 0.0435. The number of methoxy groups -OCH3 is 1. The molecule has 0 bridgehead atoms. The highest BCUT2D eigenvalue weighted by atomic mass is 16.5. The highest BCUT2D eigenvalue weighted by molar-refractivity contribution is 6.05. The van der Waals surface area contributed by atoms with Crippen LogP contribution in [0, 0.1) is 18.3 Å². The standard InChI is InChI=1S/C22H22N8O3/c1-4-10-30-12-24-20(29-30)14-6-5-7-15(19(14)33-3)26-17-16(27-21(31)13-8-9-13)11-25-28-18(17)22(32)23-2/h1,5-7,11-13H,8-10H2,2-3H3,(H,23,32)(H,25,26)(H,27,28,31)/i2D3. The van der Waals surface area contributed by atoms with Crippen LogP contribution < -0.4 is 20.7 Å². The Morgan fingerprint density at radius 1 is 1.36 bits per heavy atom. The van der Waals surface area contributed by atoms with Crippen LogP contribution in [0.5, 0.6) is 5.75 Å². The van der Waals surface area contributed by atoms with Crippen LogP contribution >= 0.6 is 0 Å². The maximum Gasteiger partial charge on any atom is 0.273 e. The molecule has 1 aromatic carbocycles. The molecule has 1 saturated carbocycles. The molecule has 11 nitrogen and oxygen atoms in total. The maximum atomic E-state index is 12.8. The van der Waals surface area contributed by atoms with Crippen molar-refractivity contribution in [1.29, 1.82) is 0 Å². The molecule has 2 amide bonds. The molecular weight excluding hydrogens is 424 g/mol. The second kappa shape index (κ2) is 9.35. The van der Waals surface area contributed by atoms with Crippen LogP contribution in [-0.2, 0) is 11.3 Å². The number of aromatic nitrogens is 5. The third kappa shape index (κ3) is 4.59. The number of rotatable bonds is 8. The van der Waals surface area contributed by atoms with E-state index in [9.17, 15) is 9.59 Å². The number of terminal acetylenes is 1. The summed E-state index contributed by atoms with van der Waals surface area (Å²) in [5, 5.41) is 19.6. The van der Waals surface area contributed by atoms with Crippen LogP contribution in [0.4, 0.5) is 17.1 Å². The van der Waals surface area contributed by atoms with E-state index in [1.54, 1.807) is 18.2 Å². The molecule has 3 N–H and O–H groups in total. The Kier molecular flexibility index (Phi) is 5.14. The first-order valence-corrected chi connectivity index (χ1v) is 9.96. The summed E-state index contributed by atoms with van der Waals surface area (Å²) in [6.07, 6.45) is 9.62. The first-order chi connectivity index (χ1) is 17.2. The lowest BCUT2D eigenvalue weighted by Gasteiger charge is -2.18. The zero-order valence-electron chi connectivity index (χ0n) is 20.6. The Morgan fingerprint density at radius 2 is 2.21 bits per heavy atom. The normalized spacial score (nSPS) is 14.2. The van der Waals surface area contributed by atoms with E-state index in [-0.39, 0.29) is 35.4 Å². The minimum Gasteiger partial charge on any atom is -0.494 e. The van der Waals surface area contributed by atoms with E-state index in [1.165, 1.54) is 24.3 Å². The van der Waals surface area contributed by atoms with Crippen molar-refractivity contribution in [2.75, 3.05) is 24.7 Å². The molecule has 11 heteroatoms. The molecule has 1 aliphatic carbocycles. The maximum absolute atomic E-state index is 12.8. The fourth-order valence-electron chi connectivity index (χ4n) is 3.16. The second-order valence-electron chi connectivity index (χ2n) is 7.18. The molecule has 0 radical (unpaired) electrons. The van der Waals surface area contributed by atoms with Crippen molar-refractivity contribution >= 4 is 28.9 Å². The van der Waals surface area contributed by atoms with Crippen molar-refractivity contribution < 1.29 is 18.4 Å². The number of hydrogen-bond donors (Lipinski definition) is 3. The third-order valence-electron chi connectivity index (χ3n) is 4.89. The zero-order chi connectivity index (χ0) is 25.9. The summed E-state index contributed by atoms with van der Waals surface area (Å²) >= 11 is 0. The smallest absolute Gasteiger partial charge is 0.273 e. The van der Waals surface area contributed by atoms with Crippen molar-refractivity contribution in [2.24, 2.45) is 5.92 Å². The Labute approximate surface area is 194 Å². The molecule has 0 unspecified atom stereocenters. The van der Waals surface area contributed by atoms with Gasteiger partial charge < -0.3 is 20.7 Å². The average molecular weight is 449 g/mol. The second-order valence-corrected chi connectivity index (χ2v) is 7.18. The van der Waals surface area contributed by atoms with Gasteiger partial charge in [-0.1, -0.05) is 12.0 Å². The molecular formula is C22H22N8O3. The van der Waals surface area contributed by atoms with Crippen LogP contribution in [0.2, 0.25) is 0 Å². The number of carbonyl (C=O) groups excluding carboxylic acids is 2. The topological polar surface area (TPSA) is 136 Å². The van der Waals surface area contributed by atoms with E-state index in [0.29, 0.717) is 22.8 Å². The van der Waals surface area contributed by atoms with Crippen LogP contribution in [0.3, 0.4) is 0 Å². The van der Waals surface area contributed by atoms with Crippen molar-refractivity contribution in [3.05, 3.63) is 36.4 Å². The van der Waals surface area contributed by atoms with Gasteiger partial charge in [0.2, 0.25) is 5.91 Å². The van der Waals surface area contributed by atoms with E-state index < -0.39 is 12.9 Å². The highest BCUT2D eigenvalue weighted by Crippen LogP contribution is 2.39. The first-order valence-electron chi connectivity index (χ1n) is 11.5. The van der Waals surface area contributed by atoms with Gasteiger partial charge in [-0.25, -0.2) is 9.67 Å². The molecule has 0 aliphatic heterocycles. The lowest BCUT2D eigenvalue weighted by atomic mass is 10.1. The fourth-order valence-corrected chi connectivity index (χ4v) is 3.16. The number of nitrogens with one attached hydrogen (secondary N) is 3. The van der Waals surface area contributed by atoms with E-state index in [2.05, 4.69) is 36.8 Å². The predicted molar refractivity (Wildman–Crippen MR) is 121 cm³/mol. The zero-order valence-corrected chi connectivity index (χ0v) is 17.6. The van der Waals surface area contributed by atoms with Crippen molar-refractivity contribution in [3.8, 4) is 29.5 Å². The SMILES string of the molecule is [2H]C([2H])([2H])NC(=O)c1nncc(NC(=O)C2CC2)c1Nc1cccc(-c2ncn(CC#C)n2)c1OC. The minimum atomic E-state index is -2.76. The summed E-state index contributed by atoms with van der Waals surface area (Å²) in [7, 11) is 1.45. The van der Waals surface area contributed by atoms with Gasteiger partial charge in [-0.3, -0.25) is 9.59 Å². The first kappa shape index (κ1) is 18.1. The van der Waals surface area contributed by atoms with Gasteiger partial charge in [0.1, 0.15) is 12.9 Å². The van der Waals surface area contributed by atoms with Gasteiger partial charge in [0.25, 0.3) is 5.91 Å². The van der Waals surface area contributed by atoms with Gasteiger partial charge in [-0.15, -0.1) is 16.6 Å². The molecule has 0 saturated heterocycles. The molecule has 1 aliphatic rings. The lowest BCUT2D eigenvalue weighted by Crippen LogP contribution is -2.23. The summed E-state index contributed by atoms with van der Waals surface area (Å²) in [4.78, 5) is 29.5. The number of ether oxygens (including phenoxy) is 1. The van der Waals surface area contributed by atoms with Gasteiger partial charge in [-0.2, -0.15) is 5.10 Å². The number of hydrogen-bond acceptors (Lipinski definition) is 8. The third-order valence-corrected chi connectivity index (χ3v) is 4.89. The molecule has 0 atom stereocenters. The van der Waals surface area contributed by atoms with Gasteiger partial charge in [0.15, 0.2) is 17.3 Å². The van der Waals surface area contributed by atoms with Gasteiger partial charge in [0.05, 0.1) is 35.9 Å². The number of nitrogens with zero attached hydrogens (tertiary/aromatic N) is 5. The number of benzene rings is 1. The molecule has 0 spiro atoms. The van der Waals surface area contributed by atoms with Crippen LogP contribution in [0.25, 0.3) is 11.4 Å². The lowest BCUT2D eigenvalue weighted by molar-refractivity contribution is -0.117. The summed E-state index contributed by atoms with van der Waals surface area (Å²) in [6.45, 7) is -2.52. The monoisotopic (exact) mass is 449 g/mol. The summed E-state index contributed by atoms with van der Waals surface area (Å²) in [5.41, 5.74) is 0.769. The Morgan fingerprint density at radius 3 is 2.94 bits per heavy atom. The Hall–Kier alpha value is -4.46. The van der Waals surface area contributed by atoms with E-state index in [1.807, 2.05) is 5.32 Å². The number of para-hydroxylation sites is 1. The van der Waals surface area contributed by atoms with Gasteiger partial charge >= 0.3 is 0 Å². The molecule has 2 heterocycles. The number of anilines is 3. The number of carbonyl (C=O) groups is 2. The Balaban J connectivity index is 1.76. The largest absolute Gasteiger partial charge is 0.494 e. The fraction of sp³-hybridized carbons (Fsp3) is 0.273. The molecule has 4 rings (SSSR count). The average Bonchev–Trinajstić information content (AvgIpc) is 3.58. The molecule has 2 aromatic heterocycles. The highest BCUT2D eigenvalue weighted by Gasteiger charge is 2.31. The van der Waals surface area contributed by atoms with Crippen molar-refractivity contribution in [3.63, 3.8) is 0 Å². The van der Waals surface area contributed by atoms with Gasteiger partial charge in [0, 0.05) is 17.0 Å². The van der Waals surface area contributed by atoms with Crippen LogP contribution in [0.15, 0.2) is 30.7 Å². The number of amides is 2. The van der Waals surface area contributed by atoms with E-state index in [4.69, 9.17) is 15.3 Å². The van der Waals surface area contributed by atoms with Crippen LogP contribution in [-0.4, -0.2) is 50.9 Å². The van der Waals surface area contributed by atoms with Crippen molar-refractivity contribution in [1.82, 2.24) is 30.3 Å². The van der Waals surface area contributed by atoms with E-state index >= 15 is 0 Å². The van der Waals surface area contributed by atoms with Gasteiger partial charge in [-0.05, 0) is 25.0 Å². The van der Waals surface area contributed by atoms with Crippen LogP contribution in [0.1, 0.15) is 27.4 Å². The van der Waals surface area contributed by atoms with Crippen molar-refractivity contribution in [2.45, 2.75) is 19.4 Å². The predicted octanol–water partition coefficient (Wildman–Crippen LogP) is 1.83. The quantitative estimate of drug-likeness (QED) is 0.443. The molecule has 1 fully saturated rings. The summed E-state index contributed by atoms with van der Waals surface area (Å²) < 4.78 is 29.2. The summed E-state index contributed by atoms with van der Waals surface area (Å²) in [6, 6.07) is 5.11. The molecule has 3 aromatic rings. The summed E-state index contributed by atoms with van der Waals surface area (Å²) in [5.74, 6) is 1.78. The molecule has 33 heavy (non-hydrogen) atoms.